The molecule has 1 N–H and O–H groups in total. The molecule has 0 aliphatic carbocycles. The van der Waals surface area contributed by atoms with E-state index in [4.69, 9.17) is 28.6 Å². The topological polar surface area (TPSA) is 79.0 Å². The molecule has 3 rings (SSSR count). The monoisotopic (exact) mass is 459 g/mol. The molecule has 0 aromatic heterocycles. The maximum atomic E-state index is 13.1. The Hall–Kier alpha value is -2.97. The Bertz CT molecular complexity index is 968. The third-order valence-electron chi connectivity index (χ3n) is 4.90. The first-order valence-electron chi connectivity index (χ1n) is 9.67. The zero-order valence-electron chi connectivity index (χ0n) is 16.9. The Morgan fingerprint density at radius 1 is 1.13 bits per heavy atom. The van der Waals surface area contributed by atoms with Crippen LogP contribution in [0.2, 0.25) is 5.02 Å². The molecular weight excluding hydrogens is 438 g/mol. The van der Waals surface area contributed by atoms with Gasteiger partial charge in [-0.05, 0) is 48.5 Å². The number of nitrogens with zero attached hydrogens (tertiary/aromatic N) is 2. The van der Waals surface area contributed by atoms with Crippen molar-refractivity contribution >= 4 is 52.4 Å². The first kappa shape index (κ1) is 22.7. The minimum Gasteiger partial charge on any atom is -0.468 e. The lowest BCUT2D eigenvalue weighted by Gasteiger charge is -2.22. The number of nitrogens with one attached hydrogen (secondary N) is 1. The molecule has 1 saturated heterocycles. The Kier molecular flexibility index (Phi) is 7.59. The van der Waals surface area contributed by atoms with Gasteiger partial charge >= 0.3 is 5.97 Å². The number of halogens is 1. The maximum Gasteiger partial charge on any atom is 0.325 e. The van der Waals surface area contributed by atoms with Gasteiger partial charge in [0.2, 0.25) is 5.91 Å². The summed E-state index contributed by atoms with van der Waals surface area (Å²) in [4.78, 5) is 40.5. The fraction of sp³-hybridized carbons (Fsp3) is 0.273. The number of hydrogen-bond acceptors (Lipinski definition) is 5. The summed E-state index contributed by atoms with van der Waals surface area (Å²) >= 11 is 11.3. The standard InChI is InChI=1S/C22H22ClN3O4S/c1-30-20(28)14-26-18(13-19(27)24-17-9-7-16(23)8-10-17)21(29)25(22(26)31)12-11-15-5-3-2-4-6-15/h2-10,18H,11-14H2,1H3,(H,24,27)/t18-/m1/s1. The van der Waals surface area contributed by atoms with Crippen LogP contribution in [0.5, 0.6) is 0 Å². The third-order valence-corrected chi connectivity index (χ3v) is 5.61. The Morgan fingerprint density at radius 2 is 1.81 bits per heavy atom. The molecule has 0 bridgehead atoms. The van der Waals surface area contributed by atoms with Crippen LogP contribution in [0.1, 0.15) is 12.0 Å². The molecule has 31 heavy (non-hydrogen) atoms. The van der Waals surface area contributed by atoms with Gasteiger partial charge in [0.05, 0.1) is 13.5 Å². The van der Waals surface area contributed by atoms with E-state index < -0.39 is 12.0 Å². The Labute approximate surface area is 190 Å². The molecule has 162 valence electrons. The number of thiocarbonyl (C=S) groups is 1. The number of amides is 2. The van der Waals surface area contributed by atoms with Crippen molar-refractivity contribution in [2.45, 2.75) is 18.9 Å². The smallest absolute Gasteiger partial charge is 0.325 e. The second-order valence-electron chi connectivity index (χ2n) is 6.99. The average Bonchev–Trinajstić information content (AvgIpc) is 2.98. The number of hydrogen-bond donors (Lipinski definition) is 1. The molecule has 0 spiro atoms. The lowest BCUT2D eigenvalue weighted by Crippen LogP contribution is -2.41. The largest absolute Gasteiger partial charge is 0.468 e. The highest BCUT2D eigenvalue weighted by atomic mass is 35.5. The van der Waals surface area contributed by atoms with E-state index in [1.54, 1.807) is 24.3 Å². The number of carbonyl (C=O) groups excluding carboxylic acids is 3. The first-order chi connectivity index (χ1) is 14.9. The molecule has 2 aromatic carbocycles. The molecule has 0 radical (unpaired) electrons. The molecule has 1 aliphatic rings. The Balaban J connectivity index is 1.72. The van der Waals surface area contributed by atoms with E-state index >= 15 is 0 Å². The van der Waals surface area contributed by atoms with Crippen LogP contribution in [0.15, 0.2) is 54.6 Å². The molecule has 2 amide bonds. The molecule has 7 nitrogen and oxygen atoms in total. The average molecular weight is 460 g/mol. The molecular formula is C22H22ClN3O4S. The normalized spacial score (nSPS) is 15.9. The maximum absolute atomic E-state index is 13.1. The summed E-state index contributed by atoms with van der Waals surface area (Å²) in [6.07, 6.45) is 0.447. The van der Waals surface area contributed by atoms with Gasteiger partial charge in [-0.3, -0.25) is 19.3 Å². The van der Waals surface area contributed by atoms with E-state index in [1.807, 2.05) is 30.3 Å². The summed E-state index contributed by atoms with van der Waals surface area (Å²) in [7, 11) is 1.26. The lowest BCUT2D eigenvalue weighted by atomic mass is 10.1. The quantitative estimate of drug-likeness (QED) is 0.483. The van der Waals surface area contributed by atoms with Gasteiger partial charge in [-0.1, -0.05) is 41.9 Å². The fourth-order valence-corrected chi connectivity index (χ4v) is 3.79. The van der Waals surface area contributed by atoms with E-state index in [0.29, 0.717) is 23.7 Å². The number of carbonyl (C=O) groups is 3. The lowest BCUT2D eigenvalue weighted by molar-refractivity contribution is -0.141. The minimum absolute atomic E-state index is 0.152. The summed E-state index contributed by atoms with van der Waals surface area (Å²) in [5, 5.41) is 3.50. The van der Waals surface area contributed by atoms with Crippen LogP contribution in [-0.2, 0) is 25.5 Å². The highest BCUT2D eigenvalue weighted by Crippen LogP contribution is 2.22. The summed E-state index contributed by atoms with van der Waals surface area (Å²) in [5.41, 5.74) is 1.62. The summed E-state index contributed by atoms with van der Waals surface area (Å²) < 4.78 is 4.74. The van der Waals surface area contributed by atoms with E-state index in [0.717, 1.165) is 5.56 Å². The van der Waals surface area contributed by atoms with Crippen LogP contribution in [0.3, 0.4) is 0 Å². The second kappa shape index (κ2) is 10.4. The predicted molar refractivity (Wildman–Crippen MR) is 122 cm³/mol. The van der Waals surface area contributed by atoms with Crippen molar-refractivity contribution < 1.29 is 19.1 Å². The van der Waals surface area contributed by atoms with Crippen LogP contribution in [0.25, 0.3) is 0 Å². The van der Waals surface area contributed by atoms with Crippen molar-refractivity contribution in [2.75, 3.05) is 25.5 Å². The van der Waals surface area contributed by atoms with Gasteiger partial charge in [-0.2, -0.15) is 0 Å². The van der Waals surface area contributed by atoms with Gasteiger partial charge in [0.25, 0.3) is 5.91 Å². The summed E-state index contributed by atoms with van der Waals surface area (Å²) in [6.45, 7) is 0.149. The fourth-order valence-electron chi connectivity index (χ4n) is 3.29. The number of esters is 1. The number of rotatable bonds is 8. The van der Waals surface area contributed by atoms with E-state index in [-0.39, 0.29) is 29.9 Å². The molecule has 9 heteroatoms. The van der Waals surface area contributed by atoms with Gasteiger partial charge in [-0.25, -0.2) is 0 Å². The van der Waals surface area contributed by atoms with Gasteiger partial charge in [0.15, 0.2) is 5.11 Å². The van der Waals surface area contributed by atoms with Gasteiger partial charge < -0.3 is 15.0 Å². The van der Waals surface area contributed by atoms with Crippen LogP contribution in [-0.4, -0.2) is 58.9 Å². The van der Waals surface area contributed by atoms with E-state index in [9.17, 15) is 14.4 Å². The zero-order chi connectivity index (χ0) is 22.4. The first-order valence-corrected chi connectivity index (χ1v) is 10.5. The van der Waals surface area contributed by atoms with Gasteiger partial charge in [-0.15, -0.1) is 0 Å². The van der Waals surface area contributed by atoms with Crippen molar-refractivity contribution in [3.8, 4) is 0 Å². The SMILES string of the molecule is COC(=O)CN1C(=S)N(CCc2ccccc2)C(=O)[C@H]1CC(=O)Nc1ccc(Cl)cc1. The number of methoxy groups -OCH3 is 1. The van der Waals surface area contributed by atoms with Crippen molar-refractivity contribution in [1.82, 2.24) is 9.80 Å². The van der Waals surface area contributed by atoms with E-state index in [2.05, 4.69) is 5.32 Å². The molecule has 2 aromatic rings. The van der Waals surface area contributed by atoms with Crippen molar-refractivity contribution in [2.24, 2.45) is 0 Å². The molecule has 0 saturated carbocycles. The van der Waals surface area contributed by atoms with Crippen molar-refractivity contribution in [3.63, 3.8) is 0 Å². The highest BCUT2D eigenvalue weighted by Gasteiger charge is 2.44. The molecule has 0 unspecified atom stereocenters. The van der Waals surface area contributed by atoms with Crippen LogP contribution in [0.4, 0.5) is 5.69 Å². The molecule has 1 aliphatic heterocycles. The van der Waals surface area contributed by atoms with Gasteiger partial charge in [0.1, 0.15) is 12.6 Å². The van der Waals surface area contributed by atoms with Crippen LogP contribution in [0, 0.1) is 0 Å². The van der Waals surface area contributed by atoms with Crippen molar-refractivity contribution in [3.05, 3.63) is 65.2 Å². The number of anilines is 1. The highest BCUT2D eigenvalue weighted by molar-refractivity contribution is 7.80. The molecule has 1 atom stereocenters. The van der Waals surface area contributed by atoms with Crippen molar-refractivity contribution in [1.29, 1.82) is 0 Å². The van der Waals surface area contributed by atoms with Gasteiger partial charge in [0, 0.05) is 17.3 Å². The van der Waals surface area contributed by atoms with Crippen LogP contribution >= 0.6 is 23.8 Å². The number of benzene rings is 2. The summed E-state index contributed by atoms with van der Waals surface area (Å²) in [6, 6.07) is 15.5. The summed E-state index contributed by atoms with van der Waals surface area (Å²) in [5.74, 6) is -1.22. The minimum atomic E-state index is -0.880. The Morgan fingerprint density at radius 3 is 2.45 bits per heavy atom. The molecule has 1 fully saturated rings. The zero-order valence-corrected chi connectivity index (χ0v) is 18.5. The van der Waals surface area contributed by atoms with Crippen LogP contribution < -0.4 is 5.32 Å². The second-order valence-corrected chi connectivity index (χ2v) is 7.79. The molecule has 1 heterocycles. The predicted octanol–water partition coefficient (Wildman–Crippen LogP) is 2.88. The van der Waals surface area contributed by atoms with E-state index in [1.165, 1.54) is 16.9 Å². The third kappa shape index (κ3) is 5.80. The number of ether oxygens (including phenoxy) is 1.